The van der Waals surface area contributed by atoms with E-state index in [4.69, 9.17) is 22.7 Å². The highest BCUT2D eigenvalue weighted by Crippen LogP contribution is 2.13. The van der Waals surface area contributed by atoms with Gasteiger partial charge < -0.3 is 15.8 Å². The first kappa shape index (κ1) is 16.0. The highest BCUT2D eigenvalue weighted by molar-refractivity contribution is 7.80. The van der Waals surface area contributed by atoms with Crippen LogP contribution >= 0.6 is 12.2 Å². The Morgan fingerprint density at radius 1 is 1.14 bits per heavy atom. The highest BCUT2D eigenvalue weighted by atomic mass is 32.1. The van der Waals surface area contributed by atoms with E-state index in [2.05, 4.69) is 12.2 Å². The second-order valence-electron chi connectivity index (χ2n) is 4.78. The Bertz CT molecular complexity index is 651. The maximum Gasteiger partial charge on any atom is 0.262 e. The molecule has 0 unspecified atom stereocenters. The minimum atomic E-state index is -0.220. The molecule has 114 valence electrons. The number of amides is 1. The van der Waals surface area contributed by atoms with Crippen molar-refractivity contribution in [3.05, 3.63) is 59.7 Å². The van der Waals surface area contributed by atoms with Crippen LogP contribution in [0.4, 0.5) is 5.69 Å². The van der Waals surface area contributed by atoms with Crippen molar-refractivity contribution < 1.29 is 9.53 Å². The molecule has 2 aromatic carbocycles. The van der Waals surface area contributed by atoms with E-state index in [9.17, 15) is 4.79 Å². The van der Waals surface area contributed by atoms with Crippen LogP contribution in [-0.4, -0.2) is 17.5 Å². The molecule has 0 saturated carbocycles. The van der Waals surface area contributed by atoms with Crippen LogP contribution < -0.4 is 15.8 Å². The topological polar surface area (TPSA) is 64.3 Å². The van der Waals surface area contributed by atoms with Gasteiger partial charge >= 0.3 is 0 Å². The summed E-state index contributed by atoms with van der Waals surface area (Å²) in [6.07, 6.45) is 0.975. The molecule has 0 radical (unpaired) electrons. The largest absolute Gasteiger partial charge is 0.484 e. The zero-order valence-electron chi connectivity index (χ0n) is 12.3. The van der Waals surface area contributed by atoms with E-state index in [1.807, 2.05) is 24.3 Å². The van der Waals surface area contributed by atoms with Crippen LogP contribution in [0.3, 0.4) is 0 Å². The van der Waals surface area contributed by atoms with Gasteiger partial charge in [0.15, 0.2) is 6.61 Å². The molecule has 0 aromatic heterocycles. The van der Waals surface area contributed by atoms with E-state index in [0.717, 1.165) is 12.0 Å². The van der Waals surface area contributed by atoms with Crippen LogP contribution in [-0.2, 0) is 11.2 Å². The molecule has 2 aromatic rings. The average molecular weight is 314 g/mol. The maximum atomic E-state index is 11.8. The number of hydrogen-bond donors (Lipinski definition) is 2. The number of aryl methyl sites for hydroxylation is 1. The van der Waals surface area contributed by atoms with E-state index >= 15 is 0 Å². The summed E-state index contributed by atoms with van der Waals surface area (Å²) < 4.78 is 5.45. The van der Waals surface area contributed by atoms with Crippen LogP contribution in [0.1, 0.15) is 18.1 Å². The lowest BCUT2D eigenvalue weighted by Gasteiger charge is -2.08. The van der Waals surface area contributed by atoms with Crippen molar-refractivity contribution in [2.75, 3.05) is 11.9 Å². The molecule has 22 heavy (non-hydrogen) atoms. The smallest absolute Gasteiger partial charge is 0.262 e. The minimum Gasteiger partial charge on any atom is -0.484 e. The molecule has 0 saturated heterocycles. The summed E-state index contributed by atoms with van der Waals surface area (Å²) >= 11 is 4.88. The van der Waals surface area contributed by atoms with E-state index in [0.29, 0.717) is 16.4 Å². The van der Waals surface area contributed by atoms with Crippen molar-refractivity contribution in [1.82, 2.24) is 0 Å². The third-order valence-electron chi connectivity index (χ3n) is 3.15. The van der Waals surface area contributed by atoms with E-state index in [1.165, 1.54) is 5.56 Å². The van der Waals surface area contributed by atoms with Gasteiger partial charge in [0, 0.05) is 11.3 Å². The fourth-order valence-electron chi connectivity index (χ4n) is 1.89. The Morgan fingerprint density at radius 3 is 2.32 bits per heavy atom. The molecule has 0 atom stereocenters. The second kappa shape index (κ2) is 7.56. The molecule has 2 rings (SSSR count). The standard InChI is InChI=1S/C17H18N2O2S/c1-2-12-3-9-15(10-4-12)21-11-16(20)19-14-7-5-13(6-8-14)17(18)22/h3-10H,2,11H2,1H3,(H2,18,22)(H,19,20). The summed E-state index contributed by atoms with van der Waals surface area (Å²) in [7, 11) is 0. The van der Waals surface area contributed by atoms with Crippen molar-refractivity contribution in [2.45, 2.75) is 13.3 Å². The van der Waals surface area contributed by atoms with Crippen molar-refractivity contribution in [3.63, 3.8) is 0 Å². The quantitative estimate of drug-likeness (QED) is 0.805. The molecule has 0 fully saturated rings. The van der Waals surface area contributed by atoms with Gasteiger partial charge in [-0.2, -0.15) is 0 Å². The van der Waals surface area contributed by atoms with Gasteiger partial charge in [0.2, 0.25) is 0 Å². The zero-order valence-corrected chi connectivity index (χ0v) is 13.2. The van der Waals surface area contributed by atoms with Gasteiger partial charge in [0.25, 0.3) is 5.91 Å². The van der Waals surface area contributed by atoms with E-state index in [-0.39, 0.29) is 12.5 Å². The number of carbonyl (C=O) groups is 1. The van der Waals surface area contributed by atoms with Gasteiger partial charge in [0.1, 0.15) is 10.7 Å². The molecule has 0 bridgehead atoms. The lowest BCUT2D eigenvalue weighted by atomic mass is 10.2. The summed E-state index contributed by atoms with van der Waals surface area (Å²) in [4.78, 5) is 12.2. The predicted molar refractivity (Wildman–Crippen MR) is 92.3 cm³/mol. The molecular weight excluding hydrogens is 296 g/mol. The summed E-state index contributed by atoms with van der Waals surface area (Å²) in [6, 6.07) is 14.7. The lowest BCUT2D eigenvalue weighted by molar-refractivity contribution is -0.118. The molecule has 1 amide bonds. The van der Waals surface area contributed by atoms with Crippen LogP contribution in [0.5, 0.6) is 5.75 Å². The molecule has 0 aliphatic heterocycles. The van der Waals surface area contributed by atoms with Crippen LogP contribution in [0.25, 0.3) is 0 Å². The molecular formula is C17H18N2O2S. The number of hydrogen-bond acceptors (Lipinski definition) is 3. The highest BCUT2D eigenvalue weighted by Gasteiger charge is 2.04. The third kappa shape index (κ3) is 4.56. The van der Waals surface area contributed by atoms with Gasteiger partial charge in [-0.1, -0.05) is 31.3 Å². The molecule has 0 aliphatic carbocycles. The van der Waals surface area contributed by atoms with Gasteiger partial charge in [0.05, 0.1) is 0 Å². The fraction of sp³-hybridized carbons (Fsp3) is 0.176. The van der Waals surface area contributed by atoms with Crippen molar-refractivity contribution in [3.8, 4) is 5.75 Å². The number of nitrogens with one attached hydrogen (secondary N) is 1. The first-order chi connectivity index (χ1) is 10.6. The molecule has 3 N–H and O–H groups in total. The number of ether oxygens (including phenoxy) is 1. The molecule has 0 spiro atoms. The van der Waals surface area contributed by atoms with Crippen molar-refractivity contribution in [2.24, 2.45) is 5.73 Å². The fourth-order valence-corrected chi connectivity index (χ4v) is 2.02. The predicted octanol–water partition coefficient (Wildman–Crippen LogP) is 2.90. The van der Waals surface area contributed by atoms with Gasteiger partial charge in [-0.3, -0.25) is 4.79 Å². The molecule has 0 heterocycles. The summed E-state index contributed by atoms with van der Waals surface area (Å²) in [5, 5.41) is 2.75. The zero-order chi connectivity index (χ0) is 15.9. The first-order valence-corrected chi connectivity index (χ1v) is 7.40. The Morgan fingerprint density at radius 2 is 1.77 bits per heavy atom. The maximum absolute atomic E-state index is 11.8. The summed E-state index contributed by atoms with van der Waals surface area (Å²) in [6.45, 7) is 2.05. The number of benzene rings is 2. The van der Waals surface area contributed by atoms with Crippen molar-refractivity contribution >= 4 is 28.8 Å². The van der Waals surface area contributed by atoms with Gasteiger partial charge in [-0.05, 0) is 48.4 Å². The number of thiocarbonyl (C=S) groups is 1. The van der Waals surface area contributed by atoms with E-state index < -0.39 is 0 Å². The second-order valence-corrected chi connectivity index (χ2v) is 5.22. The molecule has 4 nitrogen and oxygen atoms in total. The van der Waals surface area contributed by atoms with Crippen LogP contribution in [0, 0.1) is 0 Å². The van der Waals surface area contributed by atoms with E-state index in [1.54, 1.807) is 24.3 Å². The SMILES string of the molecule is CCc1ccc(OCC(=O)Nc2ccc(C(N)=S)cc2)cc1. The van der Waals surface area contributed by atoms with Crippen LogP contribution in [0.15, 0.2) is 48.5 Å². The monoisotopic (exact) mass is 314 g/mol. The van der Waals surface area contributed by atoms with Gasteiger partial charge in [-0.15, -0.1) is 0 Å². The summed E-state index contributed by atoms with van der Waals surface area (Å²) in [5.74, 6) is 0.457. The molecule has 5 heteroatoms. The Balaban J connectivity index is 1.85. The lowest BCUT2D eigenvalue weighted by Crippen LogP contribution is -2.20. The number of rotatable bonds is 6. The molecule has 0 aliphatic rings. The Kier molecular flexibility index (Phi) is 5.49. The number of anilines is 1. The average Bonchev–Trinajstić information content (AvgIpc) is 2.54. The summed E-state index contributed by atoms with van der Waals surface area (Å²) in [5.41, 5.74) is 8.19. The number of carbonyl (C=O) groups excluding carboxylic acids is 1. The Labute approximate surface area is 135 Å². The third-order valence-corrected chi connectivity index (χ3v) is 3.39. The first-order valence-electron chi connectivity index (χ1n) is 7.00. The van der Waals surface area contributed by atoms with Gasteiger partial charge in [-0.25, -0.2) is 0 Å². The number of nitrogens with two attached hydrogens (primary N) is 1. The van der Waals surface area contributed by atoms with Crippen LogP contribution in [0.2, 0.25) is 0 Å². The minimum absolute atomic E-state index is 0.0392. The Hall–Kier alpha value is -2.40. The normalized spacial score (nSPS) is 10.0. The van der Waals surface area contributed by atoms with Crippen molar-refractivity contribution in [1.29, 1.82) is 0 Å².